The predicted molar refractivity (Wildman–Crippen MR) is 60.8 cm³/mol. The van der Waals surface area contributed by atoms with Gasteiger partial charge in [0.1, 0.15) is 11.6 Å². The van der Waals surface area contributed by atoms with Crippen molar-refractivity contribution in [1.82, 2.24) is 0 Å². The van der Waals surface area contributed by atoms with Gasteiger partial charge < -0.3 is 15.6 Å². The molecule has 0 heterocycles. The Labute approximate surface area is 95.0 Å². The van der Waals surface area contributed by atoms with E-state index in [9.17, 15) is 4.39 Å². The van der Waals surface area contributed by atoms with E-state index in [4.69, 9.17) is 15.6 Å². The fraction of sp³-hybridized carbons (Fsp3) is 0.500. The molecule has 90 valence electrons. The highest BCUT2D eigenvalue weighted by Crippen LogP contribution is 2.24. The maximum absolute atomic E-state index is 13.0. The minimum atomic E-state index is -0.310. The van der Waals surface area contributed by atoms with Gasteiger partial charge in [-0.3, -0.25) is 0 Å². The number of rotatable bonds is 6. The number of nitrogens with two attached hydrogens (primary N) is 1. The van der Waals surface area contributed by atoms with Crippen LogP contribution in [0.3, 0.4) is 0 Å². The van der Waals surface area contributed by atoms with Crippen LogP contribution in [0.4, 0.5) is 4.39 Å². The molecule has 3 N–H and O–H groups in total. The Bertz CT molecular complexity index is 329. The number of unbranched alkanes of at least 4 members (excludes halogenated alkanes) is 1. The molecule has 1 rings (SSSR count). The molecule has 1 aromatic carbocycles. The molecule has 1 unspecified atom stereocenters. The summed E-state index contributed by atoms with van der Waals surface area (Å²) in [4.78, 5) is 0. The Balaban J connectivity index is 2.64. The molecule has 1 aromatic rings. The summed E-state index contributed by atoms with van der Waals surface area (Å²) in [7, 11) is 0. The first-order valence-corrected chi connectivity index (χ1v) is 5.44. The molecule has 0 spiro atoms. The number of ether oxygens (including phenoxy) is 1. The normalized spacial score (nSPS) is 12.5. The summed E-state index contributed by atoms with van der Waals surface area (Å²) < 4.78 is 18.5. The van der Waals surface area contributed by atoms with Crippen molar-refractivity contribution in [3.63, 3.8) is 0 Å². The molecule has 0 bridgehead atoms. The Morgan fingerprint density at radius 2 is 2.19 bits per heavy atom. The number of hydrogen-bond acceptors (Lipinski definition) is 3. The molecule has 3 nitrogen and oxygen atoms in total. The molecule has 0 aliphatic rings. The summed E-state index contributed by atoms with van der Waals surface area (Å²) in [6, 6.07) is 4.08. The molecule has 4 heteroatoms. The van der Waals surface area contributed by atoms with E-state index < -0.39 is 0 Å². The molecule has 0 aromatic heterocycles. The topological polar surface area (TPSA) is 55.5 Å². The van der Waals surface area contributed by atoms with Crippen molar-refractivity contribution < 1.29 is 14.2 Å². The molecule has 0 saturated carbocycles. The number of hydrogen-bond donors (Lipinski definition) is 2. The van der Waals surface area contributed by atoms with Crippen LogP contribution in [0.5, 0.6) is 5.75 Å². The van der Waals surface area contributed by atoms with E-state index in [2.05, 4.69) is 0 Å². The maximum Gasteiger partial charge on any atom is 0.124 e. The lowest BCUT2D eigenvalue weighted by Gasteiger charge is -2.13. The van der Waals surface area contributed by atoms with Gasteiger partial charge in [0.2, 0.25) is 0 Å². The molecule has 0 radical (unpaired) electrons. The number of aliphatic hydroxyl groups is 1. The lowest BCUT2D eigenvalue weighted by molar-refractivity contribution is 0.251. The van der Waals surface area contributed by atoms with Crippen molar-refractivity contribution in [2.24, 2.45) is 5.73 Å². The molecule has 16 heavy (non-hydrogen) atoms. The summed E-state index contributed by atoms with van der Waals surface area (Å²) in [6.07, 6.45) is 1.47. The fourth-order valence-corrected chi connectivity index (χ4v) is 1.40. The smallest absolute Gasteiger partial charge is 0.124 e. The third kappa shape index (κ3) is 3.79. The highest BCUT2D eigenvalue weighted by molar-refractivity contribution is 5.36. The highest BCUT2D eigenvalue weighted by atomic mass is 19.1. The van der Waals surface area contributed by atoms with E-state index in [-0.39, 0.29) is 18.5 Å². The molecule has 0 aliphatic heterocycles. The second kappa shape index (κ2) is 6.45. The number of aliphatic hydroxyl groups excluding tert-OH is 1. The van der Waals surface area contributed by atoms with Gasteiger partial charge in [0.15, 0.2) is 0 Å². The first-order valence-electron chi connectivity index (χ1n) is 5.44. The molecule has 0 saturated heterocycles. The molecular formula is C12H18FNO2. The average Bonchev–Trinajstić information content (AvgIpc) is 2.26. The van der Waals surface area contributed by atoms with E-state index in [0.717, 1.165) is 6.42 Å². The van der Waals surface area contributed by atoms with Crippen molar-refractivity contribution in [1.29, 1.82) is 0 Å². The van der Waals surface area contributed by atoms with Crippen LogP contribution >= 0.6 is 0 Å². The quantitative estimate of drug-likeness (QED) is 0.731. The SMILES string of the molecule is CC(N)c1cc(F)ccc1OCCCCO. The minimum absolute atomic E-state index is 0.160. The monoisotopic (exact) mass is 227 g/mol. The van der Waals surface area contributed by atoms with Gasteiger partial charge >= 0.3 is 0 Å². The van der Waals surface area contributed by atoms with Gasteiger partial charge in [-0.2, -0.15) is 0 Å². The lowest BCUT2D eigenvalue weighted by Crippen LogP contribution is -2.09. The second-order valence-corrected chi connectivity index (χ2v) is 3.75. The van der Waals surface area contributed by atoms with E-state index in [0.29, 0.717) is 24.3 Å². The van der Waals surface area contributed by atoms with Crippen LogP contribution in [0, 0.1) is 5.82 Å². The van der Waals surface area contributed by atoms with Crippen molar-refractivity contribution in [3.8, 4) is 5.75 Å². The zero-order valence-corrected chi connectivity index (χ0v) is 9.45. The van der Waals surface area contributed by atoms with Gasteiger partial charge in [0.05, 0.1) is 6.61 Å². The largest absolute Gasteiger partial charge is 0.493 e. The zero-order chi connectivity index (χ0) is 12.0. The van der Waals surface area contributed by atoms with Crippen LogP contribution in [-0.2, 0) is 0 Å². The van der Waals surface area contributed by atoms with Gasteiger partial charge in [-0.05, 0) is 38.0 Å². The van der Waals surface area contributed by atoms with E-state index in [1.807, 2.05) is 0 Å². The van der Waals surface area contributed by atoms with Crippen LogP contribution in [-0.4, -0.2) is 18.3 Å². The van der Waals surface area contributed by atoms with Crippen LogP contribution in [0.1, 0.15) is 31.4 Å². The number of benzene rings is 1. The molecule has 0 aliphatic carbocycles. The van der Waals surface area contributed by atoms with Crippen LogP contribution in [0.15, 0.2) is 18.2 Å². The standard InChI is InChI=1S/C12H18FNO2/c1-9(14)11-8-10(13)4-5-12(11)16-7-3-2-6-15/h4-5,8-9,15H,2-3,6-7,14H2,1H3. The molecule has 0 amide bonds. The first-order chi connectivity index (χ1) is 7.65. The van der Waals surface area contributed by atoms with Gasteiger partial charge in [-0.25, -0.2) is 4.39 Å². The third-order valence-electron chi connectivity index (χ3n) is 2.27. The van der Waals surface area contributed by atoms with E-state index in [1.165, 1.54) is 12.1 Å². The second-order valence-electron chi connectivity index (χ2n) is 3.75. The maximum atomic E-state index is 13.0. The molecular weight excluding hydrogens is 209 g/mol. The molecule has 1 atom stereocenters. The van der Waals surface area contributed by atoms with Gasteiger partial charge in [-0.1, -0.05) is 0 Å². The summed E-state index contributed by atoms with van der Waals surface area (Å²) >= 11 is 0. The minimum Gasteiger partial charge on any atom is -0.493 e. The van der Waals surface area contributed by atoms with E-state index >= 15 is 0 Å². The summed E-state index contributed by atoms with van der Waals surface area (Å²) in [6.45, 7) is 2.45. The lowest BCUT2D eigenvalue weighted by atomic mass is 10.1. The summed E-state index contributed by atoms with van der Waals surface area (Å²) in [5, 5.41) is 8.62. The van der Waals surface area contributed by atoms with Gasteiger partial charge in [0.25, 0.3) is 0 Å². The van der Waals surface area contributed by atoms with Crippen molar-refractivity contribution in [3.05, 3.63) is 29.6 Å². The van der Waals surface area contributed by atoms with Gasteiger partial charge in [-0.15, -0.1) is 0 Å². The Hall–Kier alpha value is -1.13. The fourth-order valence-electron chi connectivity index (χ4n) is 1.40. The van der Waals surface area contributed by atoms with Crippen LogP contribution < -0.4 is 10.5 Å². The van der Waals surface area contributed by atoms with Gasteiger partial charge in [0, 0.05) is 18.2 Å². The summed E-state index contributed by atoms with van der Waals surface area (Å²) in [5.41, 5.74) is 6.40. The number of halogens is 1. The van der Waals surface area contributed by atoms with E-state index in [1.54, 1.807) is 13.0 Å². The summed E-state index contributed by atoms with van der Waals surface area (Å²) in [5.74, 6) is 0.310. The van der Waals surface area contributed by atoms with Crippen molar-refractivity contribution in [2.75, 3.05) is 13.2 Å². The van der Waals surface area contributed by atoms with Crippen LogP contribution in [0.25, 0.3) is 0 Å². The van der Waals surface area contributed by atoms with Crippen molar-refractivity contribution >= 4 is 0 Å². The highest BCUT2D eigenvalue weighted by Gasteiger charge is 2.09. The Morgan fingerprint density at radius 1 is 1.44 bits per heavy atom. The Morgan fingerprint density at radius 3 is 2.81 bits per heavy atom. The first kappa shape index (κ1) is 12.9. The third-order valence-corrected chi connectivity index (χ3v) is 2.27. The zero-order valence-electron chi connectivity index (χ0n) is 9.45. The predicted octanol–water partition coefficient (Wildman–Crippen LogP) is 2.00. The Kier molecular flexibility index (Phi) is 5.22. The van der Waals surface area contributed by atoms with Crippen LogP contribution in [0.2, 0.25) is 0 Å². The van der Waals surface area contributed by atoms with Crippen molar-refractivity contribution in [2.45, 2.75) is 25.8 Å². The average molecular weight is 227 g/mol. The molecule has 0 fully saturated rings.